The average Bonchev–Trinajstić information content (AvgIpc) is 3.07. The second-order valence-electron chi connectivity index (χ2n) is 5.87. The van der Waals surface area contributed by atoms with Gasteiger partial charge in [0.05, 0.1) is 23.0 Å². The molecule has 11 heteroatoms. The first-order chi connectivity index (χ1) is 13.7. The van der Waals surface area contributed by atoms with Crippen molar-refractivity contribution in [3.05, 3.63) is 77.0 Å². The number of benzene rings is 1. The Balaban J connectivity index is 1.70. The van der Waals surface area contributed by atoms with E-state index in [0.29, 0.717) is 11.9 Å². The molecule has 2 heterocycles. The van der Waals surface area contributed by atoms with E-state index in [4.69, 9.17) is 0 Å². The molecule has 1 aromatic carbocycles. The highest BCUT2D eigenvalue weighted by Crippen LogP contribution is 2.28. The van der Waals surface area contributed by atoms with Crippen LogP contribution >= 0.6 is 0 Å². The minimum atomic E-state index is -4.52. The van der Waals surface area contributed by atoms with Crippen LogP contribution in [0.4, 0.5) is 17.6 Å². The summed E-state index contributed by atoms with van der Waals surface area (Å²) in [5, 5.41) is 3.95. The number of aromatic nitrogens is 3. The van der Waals surface area contributed by atoms with Crippen LogP contribution in [0.5, 0.6) is 0 Å². The molecule has 0 aliphatic carbocycles. The first kappa shape index (κ1) is 20.0. The van der Waals surface area contributed by atoms with Crippen molar-refractivity contribution in [1.29, 1.82) is 0 Å². The van der Waals surface area contributed by atoms with E-state index in [-0.39, 0.29) is 16.9 Å². The Labute approximate surface area is 161 Å². The van der Waals surface area contributed by atoms with Crippen LogP contribution < -0.4 is 10.9 Å². The molecule has 2 aromatic heterocycles. The zero-order valence-corrected chi connectivity index (χ0v) is 14.8. The number of carbonyl (C=O) groups is 2. The van der Waals surface area contributed by atoms with Gasteiger partial charge in [-0.05, 0) is 43.3 Å². The van der Waals surface area contributed by atoms with Crippen LogP contribution in [0.3, 0.4) is 0 Å². The largest absolute Gasteiger partial charge is 0.417 e. The molecule has 0 saturated heterocycles. The fraction of sp³-hybridized carbons (Fsp3) is 0.111. The second kappa shape index (κ2) is 7.70. The molecule has 2 amide bonds. The zero-order chi connectivity index (χ0) is 21.2. The zero-order valence-electron chi connectivity index (χ0n) is 14.8. The molecule has 0 aliphatic rings. The summed E-state index contributed by atoms with van der Waals surface area (Å²) in [5.74, 6) is -1.78. The molecule has 0 unspecified atom stereocenters. The smallest absolute Gasteiger partial charge is 0.267 e. The van der Waals surface area contributed by atoms with E-state index in [1.807, 2.05) is 0 Å². The summed E-state index contributed by atoms with van der Waals surface area (Å²) in [7, 11) is 0. The predicted molar refractivity (Wildman–Crippen MR) is 92.4 cm³/mol. The van der Waals surface area contributed by atoms with Gasteiger partial charge in [0.25, 0.3) is 11.8 Å². The Kier molecular flexibility index (Phi) is 5.31. The topological polar surface area (TPSA) is 88.9 Å². The molecule has 0 radical (unpaired) electrons. The maximum Gasteiger partial charge on any atom is 0.417 e. The van der Waals surface area contributed by atoms with Crippen molar-refractivity contribution in [3.8, 4) is 5.82 Å². The third-order valence-corrected chi connectivity index (χ3v) is 3.94. The quantitative estimate of drug-likeness (QED) is 0.516. The number of alkyl halides is 3. The Morgan fingerprint density at radius 2 is 1.62 bits per heavy atom. The third-order valence-electron chi connectivity index (χ3n) is 3.94. The monoisotopic (exact) mass is 407 g/mol. The number of rotatable bonds is 3. The van der Waals surface area contributed by atoms with Crippen molar-refractivity contribution in [2.24, 2.45) is 0 Å². The molecule has 0 bridgehead atoms. The molecule has 29 heavy (non-hydrogen) atoms. The molecule has 2 N–H and O–H groups in total. The van der Waals surface area contributed by atoms with Gasteiger partial charge in [0, 0.05) is 11.8 Å². The number of amides is 2. The lowest BCUT2D eigenvalue weighted by molar-refractivity contribution is -0.137. The molecule has 0 spiro atoms. The van der Waals surface area contributed by atoms with Crippen LogP contribution in [0.15, 0.2) is 48.8 Å². The van der Waals surface area contributed by atoms with Gasteiger partial charge in [-0.3, -0.25) is 20.4 Å². The third kappa shape index (κ3) is 4.39. The van der Waals surface area contributed by atoms with Gasteiger partial charge in [0.15, 0.2) is 5.82 Å². The van der Waals surface area contributed by atoms with Crippen LogP contribution in [0.2, 0.25) is 0 Å². The lowest BCUT2D eigenvalue weighted by Gasteiger charge is -2.09. The maximum absolute atomic E-state index is 12.9. The fourth-order valence-electron chi connectivity index (χ4n) is 2.40. The van der Waals surface area contributed by atoms with Crippen LogP contribution in [-0.4, -0.2) is 26.6 Å². The number of hydrazine groups is 1. The van der Waals surface area contributed by atoms with E-state index in [1.165, 1.54) is 29.9 Å². The number of hydrogen-bond acceptors (Lipinski definition) is 4. The van der Waals surface area contributed by atoms with Crippen molar-refractivity contribution in [2.45, 2.75) is 13.1 Å². The van der Waals surface area contributed by atoms with E-state index < -0.39 is 29.4 Å². The van der Waals surface area contributed by atoms with Gasteiger partial charge >= 0.3 is 6.18 Å². The van der Waals surface area contributed by atoms with Gasteiger partial charge in [-0.2, -0.15) is 18.3 Å². The van der Waals surface area contributed by atoms with Crippen LogP contribution in [0.25, 0.3) is 5.82 Å². The highest BCUT2D eigenvalue weighted by atomic mass is 19.4. The molecule has 0 aliphatic heterocycles. The molecule has 3 aromatic rings. The van der Waals surface area contributed by atoms with Crippen LogP contribution in [-0.2, 0) is 6.18 Å². The molecule has 0 atom stereocenters. The van der Waals surface area contributed by atoms with Crippen molar-refractivity contribution in [2.75, 3.05) is 0 Å². The van der Waals surface area contributed by atoms with Gasteiger partial charge < -0.3 is 0 Å². The molecule has 0 fully saturated rings. The van der Waals surface area contributed by atoms with Gasteiger partial charge in [-0.25, -0.2) is 14.1 Å². The summed E-state index contributed by atoms with van der Waals surface area (Å²) in [6, 6.07) is 6.67. The Morgan fingerprint density at radius 1 is 0.966 bits per heavy atom. The van der Waals surface area contributed by atoms with Crippen LogP contribution in [0.1, 0.15) is 32.0 Å². The highest BCUT2D eigenvalue weighted by molar-refractivity contribution is 5.99. The molecule has 0 saturated carbocycles. The second-order valence-corrected chi connectivity index (χ2v) is 5.87. The SMILES string of the molecule is Cc1c(C(=O)NNC(=O)c2ccc(F)cc2)cnn1-c1ccc(C(F)(F)F)cn1. The van der Waals surface area contributed by atoms with Crippen molar-refractivity contribution in [3.63, 3.8) is 0 Å². The summed E-state index contributed by atoms with van der Waals surface area (Å²) in [6.45, 7) is 1.52. The van der Waals surface area contributed by atoms with Crippen molar-refractivity contribution < 1.29 is 27.2 Å². The number of carbonyl (C=O) groups excluding carboxylic acids is 2. The summed E-state index contributed by atoms with van der Waals surface area (Å²) in [6.07, 6.45) is -2.66. The summed E-state index contributed by atoms with van der Waals surface area (Å²) in [5.41, 5.74) is 3.97. The minimum Gasteiger partial charge on any atom is -0.267 e. The van der Waals surface area contributed by atoms with E-state index in [1.54, 1.807) is 0 Å². The molecule has 150 valence electrons. The Morgan fingerprint density at radius 3 is 2.21 bits per heavy atom. The van der Waals surface area contributed by atoms with E-state index in [9.17, 15) is 27.2 Å². The first-order valence-electron chi connectivity index (χ1n) is 8.11. The standard InChI is InChI=1S/C18H13F4N5O2/c1-10-14(17(29)26-25-16(28)11-2-5-13(19)6-3-11)9-24-27(10)15-7-4-12(8-23-15)18(20,21)22/h2-9H,1H3,(H,25,28)(H,26,29). The molecule has 7 nitrogen and oxygen atoms in total. The van der Waals surface area contributed by atoms with Crippen molar-refractivity contribution >= 4 is 11.8 Å². The van der Waals surface area contributed by atoms with Gasteiger partial charge in [0.1, 0.15) is 5.82 Å². The lowest BCUT2D eigenvalue weighted by atomic mass is 10.2. The van der Waals surface area contributed by atoms with Gasteiger partial charge in [-0.15, -0.1) is 0 Å². The average molecular weight is 407 g/mol. The number of nitrogens with one attached hydrogen (secondary N) is 2. The Bertz CT molecular complexity index is 1040. The van der Waals surface area contributed by atoms with E-state index in [2.05, 4.69) is 20.9 Å². The normalized spacial score (nSPS) is 11.2. The number of hydrogen-bond donors (Lipinski definition) is 2. The van der Waals surface area contributed by atoms with E-state index >= 15 is 0 Å². The highest BCUT2D eigenvalue weighted by Gasteiger charge is 2.30. The van der Waals surface area contributed by atoms with Crippen LogP contribution in [0, 0.1) is 12.7 Å². The van der Waals surface area contributed by atoms with E-state index in [0.717, 1.165) is 24.3 Å². The molecular formula is C18H13F4N5O2. The predicted octanol–water partition coefficient (Wildman–Crippen LogP) is 2.81. The summed E-state index contributed by atoms with van der Waals surface area (Å²) < 4.78 is 52.0. The number of halogens is 4. The number of pyridine rings is 1. The lowest BCUT2D eigenvalue weighted by Crippen LogP contribution is -2.41. The van der Waals surface area contributed by atoms with Gasteiger partial charge in [-0.1, -0.05) is 0 Å². The summed E-state index contributed by atoms with van der Waals surface area (Å²) in [4.78, 5) is 27.9. The van der Waals surface area contributed by atoms with Gasteiger partial charge in [0.2, 0.25) is 0 Å². The fourth-order valence-corrected chi connectivity index (χ4v) is 2.40. The maximum atomic E-state index is 12.9. The number of nitrogens with zero attached hydrogens (tertiary/aromatic N) is 3. The Hall–Kier alpha value is -3.76. The molecular weight excluding hydrogens is 394 g/mol. The molecule has 3 rings (SSSR count). The summed E-state index contributed by atoms with van der Waals surface area (Å²) >= 11 is 0. The van der Waals surface area contributed by atoms with Crippen molar-refractivity contribution in [1.82, 2.24) is 25.6 Å². The minimum absolute atomic E-state index is 0.0751. The first-order valence-corrected chi connectivity index (χ1v) is 8.11.